The van der Waals surface area contributed by atoms with Crippen LogP contribution in [0.2, 0.25) is 0 Å². The highest BCUT2D eigenvalue weighted by Crippen LogP contribution is 2.10. The van der Waals surface area contributed by atoms with E-state index in [9.17, 15) is 9.59 Å². The van der Waals surface area contributed by atoms with Crippen molar-refractivity contribution in [3.63, 3.8) is 0 Å². The first kappa shape index (κ1) is 15.2. The number of nitrogens with zero attached hydrogens (tertiary/aromatic N) is 2. The summed E-state index contributed by atoms with van der Waals surface area (Å²) in [6.45, 7) is -0.394. The molecule has 7 heteroatoms. The molecule has 7 nitrogen and oxygen atoms in total. The molecule has 1 heterocycles. The van der Waals surface area contributed by atoms with Crippen LogP contribution < -0.4 is 10.2 Å². The van der Waals surface area contributed by atoms with Gasteiger partial charge in [-0.1, -0.05) is 0 Å². The van der Waals surface area contributed by atoms with Crippen molar-refractivity contribution in [1.82, 2.24) is 10.4 Å². The molecule has 2 N–H and O–H groups in total. The number of carbonyl (C=O) groups is 2. The van der Waals surface area contributed by atoms with Crippen molar-refractivity contribution in [2.75, 3.05) is 6.61 Å². The molecule has 2 aromatic rings. The van der Waals surface area contributed by atoms with Gasteiger partial charge < -0.3 is 9.84 Å². The van der Waals surface area contributed by atoms with E-state index in [1.807, 2.05) is 0 Å². The minimum Gasteiger partial charge on any atom is -0.482 e. The Morgan fingerprint density at radius 1 is 1.27 bits per heavy atom. The third-order valence-corrected chi connectivity index (χ3v) is 2.55. The normalized spacial score (nSPS) is 10.4. The number of hydrogen-bond acceptors (Lipinski definition) is 5. The van der Waals surface area contributed by atoms with Crippen molar-refractivity contribution in [2.45, 2.75) is 0 Å². The van der Waals surface area contributed by atoms with E-state index in [0.717, 1.165) is 5.56 Å². The molecule has 0 aliphatic carbocycles. The minimum atomic E-state index is -1.04. The molecule has 0 aliphatic rings. The number of pyridine rings is 1. The van der Waals surface area contributed by atoms with Crippen LogP contribution in [0, 0.1) is 0 Å². The summed E-state index contributed by atoms with van der Waals surface area (Å²) in [7, 11) is 0. The van der Waals surface area contributed by atoms with E-state index in [4.69, 9.17) is 9.84 Å². The summed E-state index contributed by atoms with van der Waals surface area (Å²) in [6.07, 6.45) is 4.49. The molecule has 0 radical (unpaired) electrons. The van der Waals surface area contributed by atoms with Crippen molar-refractivity contribution in [3.05, 3.63) is 59.9 Å². The van der Waals surface area contributed by atoms with Gasteiger partial charge in [-0.2, -0.15) is 5.10 Å². The van der Waals surface area contributed by atoms with Gasteiger partial charge in [-0.05, 0) is 42.0 Å². The number of hydrogen-bond donors (Lipinski definition) is 2. The maximum absolute atomic E-state index is 11.7. The Morgan fingerprint density at radius 2 is 2.05 bits per heavy atom. The summed E-state index contributed by atoms with van der Waals surface area (Å²) < 4.78 is 5.00. The lowest BCUT2D eigenvalue weighted by Gasteiger charge is -2.02. The molecule has 22 heavy (non-hydrogen) atoms. The van der Waals surface area contributed by atoms with Crippen LogP contribution in [0.25, 0.3) is 0 Å². The van der Waals surface area contributed by atoms with Crippen LogP contribution in [-0.2, 0) is 4.79 Å². The monoisotopic (exact) mass is 299 g/mol. The Labute approximate surface area is 126 Å². The Hall–Kier alpha value is -3.22. The molecule has 0 atom stereocenters. The average molecular weight is 299 g/mol. The van der Waals surface area contributed by atoms with E-state index in [1.54, 1.807) is 42.6 Å². The van der Waals surface area contributed by atoms with Crippen LogP contribution in [0.15, 0.2) is 53.9 Å². The molecule has 1 aromatic carbocycles. The highest BCUT2D eigenvalue weighted by molar-refractivity contribution is 5.94. The summed E-state index contributed by atoms with van der Waals surface area (Å²) in [5.41, 5.74) is 3.53. The van der Waals surface area contributed by atoms with Crippen molar-refractivity contribution in [1.29, 1.82) is 0 Å². The molecule has 0 spiro atoms. The van der Waals surface area contributed by atoms with Gasteiger partial charge in [0.25, 0.3) is 5.91 Å². The third kappa shape index (κ3) is 4.71. The second-order valence-electron chi connectivity index (χ2n) is 4.19. The first-order chi connectivity index (χ1) is 10.6. The summed E-state index contributed by atoms with van der Waals surface area (Å²) in [4.78, 5) is 25.9. The van der Waals surface area contributed by atoms with Gasteiger partial charge in [0.1, 0.15) is 5.75 Å². The summed E-state index contributed by atoms with van der Waals surface area (Å²) in [6, 6.07) is 9.91. The Bertz CT molecular complexity index is 669. The fourth-order valence-corrected chi connectivity index (χ4v) is 1.52. The lowest BCUT2D eigenvalue weighted by molar-refractivity contribution is -0.139. The predicted molar refractivity (Wildman–Crippen MR) is 78.9 cm³/mol. The van der Waals surface area contributed by atoms with E-state index in [-0.39, 0.29) is 5.91 Å². The van der Waals surface area contributed by atoms with Gasteiger partial charge in [0.2, 0.25) is 0 Å². The number of benzene rings is 1. The Balaban J connectivity index is 1.88. The van der Waals surface area contributed by atoms with Crippen molar-refractivity contribution < 1.29 is 19.4 Å². The van der Waals surface area contributed by atoms with Crippen LogP contribution in [0.1, 0.15) is 15.9 Å². The number of amides is 1. The molecule has 0 saturated heterocycles. The predicted octanol–water partition coefficient (Wildman–Crippen LogP) is 1.31. The summed E-state index contributed by atoms with van der Waals surface area (Å²) >= 11 is 0. The first-order valence-electron chi connectivity index (χ1n) is 6.33. The van der Waals surface area contributed by atoms with Gasteiger partial charge in [0.05, 0.1) is 11.8 Å². The fraction of sp³-hybridized carbons (Fsp3) is 0.0667. The zero-order chi connectivity index (χ0) is 15.8. The van der Waals surface area contributed by atoms with Crippen LogP contribution in [-0.4, -0.2) is 34.8 Å². The highest BCUT2D eigenvalue weighted by Gasteiger charge is 2.02. The second kappa shape index (κ2) is 7.53. The third-order valence-electron chi connectivity index (χ3n) is 2.55. The topological polar surface area (TPSA) is 101 Å². The number of carbonyl (C=O) groups excluding carboxylic acids is 1. The van der Waals surface area contributed by atoms with Gasteiger partial charge in [-0.15, -0.1) is 0 Å². The zero-order valence-electron chi connectivity index (χ0n) is 11.5. The van der Waals surface area contributed by atoms with Crippen LogP contribution in [0.5, 0.6) is 5.75 Å². The first-order valence-corrected chi connectivity index (χ1v) is 6.33. The maximum atomic E-state index is 11.7. The molecule has 1 amide bonds. The van der Waals surface area contributed by atoms with E-state index in [1.165, 1.54) is 12.4 Å². The standard InChI is InChI=1S/C15H13N3O4/c19-14(20)10-22-13-5-3-11(4-6-13)8-17-18-15(21)12-2-1-7-16-9-12/h1-9H,10H2,(H,18,21)(H,19,20). The van der Waals surface area contributed by atoms with E-state index < -0.39 is 12.6 Å². The average Bonchev–Trinajstić information content (AvgIpc) is 2.55. The minimum absolute atomic E-state index is 0.356. The van der Waals surface area contributed by atoms with Crippen molar-refractivity contribution in [3.8, 4) is 5.75 Å². The molecule has 0 unspecified atom stereocenters. The zero-order valence-corrected chi connectivity index (χ0v) is 11.5. The van der Waals surface area contributed by atoms with E-state index in [0.29, 0.717) is 11.3 Å². The number of ether oxygens (including phenoxy) is 1. The largest absolute Gasteiger partial charge is 0.482 e. The SMILES string of the molecule is O=C(O)COc1ccc(C=NNC(=O)c2cccnc2)cc1. The Kier molecular flexibility index (Phi) is 5.20. The number of nitrogens with one attached hydrogen (secondary N) is 1. The van der Waals surface area contributed by atoms with Gasteiger partial charge in [0.15, 0.2) is 6.61 Å². The van der Waals surface area contributed by atoms with Gasteiger partial charge in [0, 0.05) is 12.4 Å². The van der Waals surface area contributed by atoms with E-state index in [2.05, 4.69) is 15.5 Å². The second-order valence-corrected chi connectivity index (χ2v) is 4.19. The van der Waals surface area contributed by atoms with Crippen molar-refractivity contribution in [2.24, 2.45) is 5.10 Å². The highest BCUT2D eigenvalue weighted by atomic mass is 16.5. The molecule has 2 rings (SSSR count). The number of hydrazone groups is 1. The number of carboxylic acid groups (broad SMARTS) is 1. The van der Waals surface area contributed by atoms with Gasteiger partial charge in [-0.25, -0.2) is 10.2 Å². The lowest BCUT2D eigenvalue weighted by Crippen LogP contribution is -2.17. The molecular weight excluding hydrogens is 286 g/mol. The summed E-state index contributed by atoms with van der Waals surface area (Å²) in [5.74, 6) is -0.950. The molecule has 0 aliphatic heterocycles. The number of aromatic nitrogens is 1. The smallest absolute Gasteiger partial charge is 0.341 e. The lowest BCUT2D eigenvalue weighted by atomic mass is 10.2. The fourth-order valence-electron chi connectivity index (χ4n) is 1.52. The number of aliphatic carboxylic acids is 1. The molecule has 0 fully saturated rings. The quantitative estimate of drug-likeness (QED) is 0.618. The van der Waals surface area contributed by atoms with E-state index >= 15 is 0 Å². The molecule has 0 saturated carbocycles. The van der Waals surface area contributed by atoms with Crippen LogP contribution >= 0.6 is 0 Å². The van der Waals surface area contributed by atoms with Crippen LogP contribution in [0.4, 0.5) is 0 Å². The molecule has 0 bridgehead atoms. The Morgan fingerprint density at radius 3 is 2.68 bits per heavy atom. The molecule has 112 valence electrons. The number of rotatable bonds is 6. The van der Waals surface area contributed by atoms with Gasteiger partial charge in [-0.3, -0.25) is 9.78 Å². The van der Waals surface area contributed by atoms with Crippen LogP contribution in [0.3, 0.4) is 0 Å². The maximum Gasteiger partial charge on any atom is 0.341 e. The molecule has 1 aromatic heterocycles. The van der Waals surface area contributed by atoms with Gasteiger partial charge >= 0.3 is 5.97 Å². The number of carboxylic acids is 1. The molecular formula is C15H13N3O4. The van der Waals surface area contributed by atoms with Crippen molar-refractivity contribution >= 4 is 18.1 Å². The summed E-state index contributed by atoms with van der Waals surface area (Å²) in [5, 5.41) is 12.3.